The average molecular weight is 624 g/mol. The van der Waals surface area contributed by atoms with Crippen molar-refractivity contribution in [3.8, 4) is 0 Å². The number of guanidine groups is 2. The van der Waals surface area contributed by atoms with Crippen LogP contribution in [0.1, 0.15) is 69.4 Å². The van der Waals surface area contributed by atoms with Gasteiger partial charge in [0.1, 0.15) is 17.0 Å². The Bertz CT molecular complexity index is 1480. The van der Waals surface area contributed by atoms with Crippen molar-refractivity contribution in [2.45, 2.75) is 65.6 Å². The zero-order chi connectivity index (χ0) is 33.4. The molecule has 0 bridgehead atoms. The van der Waals surface area contributed by atoms with E-state index in [1.807, 2.05) is 12.1 Å². The number of carbonyl (C=O) groups excluding carboxylic acids is 3. The average Bonchev–Trinajstić information content (AvgIpc) is 2.91. The fourth-order valence-electron chi connectivity index (χ4n) is 4.24. The Kier molecular flexibility index (Phi) is 11.3. The SMILES string of the molecule is CC(C)(C)OC(=O)/N=C(\NC(=O)OC(C)(C)C)N1CC=C(c2ccc(C(=O)Nc3ccc(CCN=C(N)N)cc3)cc2F)CC1. The third-order valence-corrected chi connectivity index (χ3v) is 6.20. The van der Waals surface area contributed by atoms with Gasteiger partial charge in [-0.1, -0.05) is 24.3 Å². The Morgan fingerprint density at radius 3 is 2.20 bits per heavy atom. The number of nitrogens with two attached hydrogens (primary N) is 2. The monoisotopic (exact) mass is 623 g/mol. The molecule has 0 spiro atoms. The van der Waals surface area contributed by atoms with Crippen LogP contribution in [0, 0.1) is 5.82 Å². The van der Waals surface area contributed by atoms with E-state index in [1.54, 1.807) is 76.8 Å². The first-order valence-electron chi connectivity index (χ1n) is 14.5. The van der Waals surface area contributed by atoms with E-state index in [9.17, 15) is 14.4 Å². The van der Waals surface area contributed by atoms with Crippen molar-refractivity contribution >= 4 is 41.3 Å². The highest BCUT2D eigenvalue weighted by Crippen LogP contribution is 2.26. The molecule has 12 nitrogen and oxygen atoms in total. The summed E-state index contributed by atoms with van der Waals surface area (Å²) in [6, 6.07) is 11.5. The third kappa shape index (κ3) is 11.6. The molecule has 2 aromatic carbocycles. The van der Waals surface area contributed by atoms with Gasteiger partial charge in [0.15, 0.2) is 5.96 Å². The summed E-state index contributed by atoms with van der Waals surface area (Å²) in [5.74, 6) is -1.01. The largest absolute Gasteiger partial charge is 0.444 e. The summed E-state index contributed by atoms with van der Waals surface area (Å²) in [5.41, 5.74) is 11.9. The number of anilines is 1. The molecule has 3 rings (SSSR count). The lowest BCUT2D eigenvalue weighted by Gasteiger charge is -2.30. The minimum Gasteiger partial charge on any atom is -0.444 e. The van der Waals surface area contributed by atoms with Gasteiger partial charge in [-0.3, -0.25) is 15.1 Å². The number of nitrogens with one attached hydrogen (secondary N) is 2. The smallest absolute Gasteiger partial charge is 0.437 e. The van der Waals surface area contributed by atoms with Crippen LogP contribution in [0.5, 0.6) is 0 Å². The zero-order valence-corrected chi connectivity index (χ0v) is 26.6. The topological polar surface area (TPSA) is 174 Å². The molecule has 0 atom stereocenters. The van der Waals surface area contributed by atoms with Gasteiger partial charge in [0.25, 0.3) is 5.91 Å². The fourth-order valence-corrected chi connectivity index (χ4v) is 4.24. The van der Waals surface area contributed by atoms with Crippen molar-refractivity contribution in [2.24, 2.45) is 21.5 Å². The van der Waals surface area contributed by atoms with Crippen LogP contribution in [-0.4, -0.2) is 65.7 Å². The Morgan fingerprint density at radius 2 is 1.64 bits per heavy atom. The normalized spacial score (nSPS) is 13.8. The van der Waals surface area contributed by atoms with Gasteiger partial charge in [-0.05, 0) is 89.8 Å². The maximum Gasteiger partial charge on any atom is 0.437 e. The Morgan fingerprint density at radius 1 is 0.978 bits per heavy atom. The van der Waals surface area contributed by atoms with Crippen LogP contribution in [-0.2, 0) is 15.9 Å². The molecule has 0 radical (unpaired) electrons. The number of hydrogen-bond acceptors (Lipinski definition) is 6. The van der Waals surface area contributed by atoms with Crippen LogP contribution in [0.2, 0.25) is 0 Å². The Hall–Kier alpha value is -4.94. The molecular formula is C32H42FN7O5. The summed E-state index contributed by atoms with van der Waals surface area (Å²) >= 11 is 0. The maximum absolute atomic E-state index is 15.3. The summed E-state index contributed by atoms with van der Waals surface area (Å²) in [4.78, 5) is 47.3. The molecule has 3 amide bonds. The van der Waals surface area contributed by atoms with Gasteiger partial charge >= 0.3 is 12.2 Å². The van der Waals surface area contributed by atoms with Crippen molar-refractivity contribution in [3.05, 3.63) is 71.0 Å². The van der Waals surface area contributed by atoms with E-state index >= 15 is 4.39 Å². The van der Waals surface area contributed by atoms with Crippen molar-refractivity contribution < 1.29 is 28.2 Å². The molecule has 2 aromatic rings. The molecule has 13 heteroatoms. The van der Waals surface area contributed by atoms with Gasteiger partial charge in [-0.15, -0.1) is 4.99 Å². The second-order valence-corrected chi connectivity index (χ2v) is 12.4. The van der Waals surface area contributed by atoms with Crippen molar-refractivity contribution in [3.63, 3.8) is 0 Å². The quantitative estimate of drug-likeness (QED) is 0.262. The van der Waals surface area contributed by atoms with Crippen LogP contribution in [0.4, 0.5) is 19.7 Å². The van der Waals surface area contributed by atoms with Crippen molar-refractivity contribution in [1.82, 2.24) is 10.2 Å². The van der Waals surface area contributed by atoms with Gasteiger partial charge < -0.3 is 31.2 Å². The summed E-state index contributed by atoms with van der Waals surface area (Å²) in [5, 5.41) is 5.31. The number of rotatable bonds is 6. The van der Waals surface area contributed by atoms with Crippen molar-refractivity contribution in [1.29, 1.82) is 0 Å². The lowest BCUT2D eigenvalue weighted by atomic mass is 9.97. The van der Waals surface area contributed by atoms with E-state index in [0.29, 0.717) is 42.8 Å². The number of hydrogen-bond donors (Lipinski definition) is 4. The van der Waals surface area contributed by atoms with E-state index in [1.165, 1.54) is 6.07 Å². The third-order valence-electron chi connectivity index (χ3n) is 6.20. The first-order chi connectivity index (χ1) is 21.0. The van der Waals surface area contributed by atoms with Gasteiger partial charge in [0.2, 0.25) is 5.96 Å². The molecular weight excluding hydrogens is 581 g/mol. The van der Waals surface area contributed by atoms with Gasteiger partial charge in [-0.25, -0.2) is 14.0 Å². The summed E-state index contributed by atoms with van der Waals surface area (Å²) in [6.45, 7) is 11.3. The van der Waals surface area contributed by atoms with E-state index < -0.39 is 35.1 Å². The van der Waals surface area contributed by atoms with E-state index in [2.05, 4.69) is 20.6 Å². The highest BCUT2D eigenvalue weighted by Gasteiger charge is 2.25. The molecule has 6 N–H and O–H groups in total. The Balaban J connectivity index is 1.69. The number of carbonyl (C=O) groups is 3. The highest BCUT2D eigenvalue weighted by molar-refractivity contribution is 6.04. The molecule has 1 heterocycles. The number of aliphatic imine (C=N–C) groups is 2. The molecule has 0 saturated heterocycles. The summed E-state index contributed by atoms with van der Waals surface area (Å²) in [6.07, 6.45) is 1.14. The van der Waals surface area contributed by atoms with Crippen LogP contribution in [0.3, 0.4) is 0 Å². The molecule has 0 fully saturated rings. The molecule has 242 valence electrons. The predicted octanol–water partition coefficient (Wildman–Crippen LogP) is 4.80. The molecule has 0 aromatic heterocycles. The molecule has 0 saturated carbocycles. The zero-order valence-electron chi connectivity index (χ0n) is 26.6. The summed E-state index contributed by atoms with van der Waals surface area (Å²) in [7, 11) is 0. The maximum atomic E-state index is 15.3. The number of halogens is 1. The summed E-state index contributed by atoms with van der Waals surface area (Å²) < 4.78 is 25.9. The first kappa shape index (κ1) is 34.5. The van der Waals surface area contributed by atoms with Crippen LogP contribution >= 0.6 is 0 Å². The van der Waals surface area contributed by atoms with Crippen molar-refractivity contribution in [2.75, 3.05) is 25.0 Å². The number of nitrogens with zero attached hydrogens (tertiary/aromatic N) is 3. The lowest BCUT2D eigenvalue weighted by molar-refractivity contribution is 0.0554. The van der Waals surface area contributed by atoms with Gasteiger partial charge in [-0.2, -0.15) is 0 Å². The molecule has 1 aliphatic heterocycles. The van der Waals surface area contributed by atoms with Gasteiger partial charge in [0, 0.05) is 36.4 Å². The Labute approximate surface area is 262 Å². The number of alkyl carbamates (subject to hydrolysis) is 1. The number of ether oxygens (including phenoxy) is 2. The van der Waals surface area contributed by atoms with E-state index in [4.69, 9.17) is 20.9 Å². The fraction of sp³-hybridized carbons (Fsp3) is 0.406. The number of amides is 3. The minimum atomic E-state index is -0.873. The first-order valence-corrected chi connectivity index (χ1v) is 14.5. The molecule has 0 aliphatic carbocycles. The van der Waals surface area contributed by atoms with E-state index in [0.717, 1.165) is 5.56 Å². The lowest BCUT2D eigenvalue weighted by Crippen LogP contribution is -2.48. The minimum absolute atomic E-state index is 0.0327. The molecule has 1 aliphatic rings. The highest BCUT2D eigenvalue weighted by atomic mass is 19.1. The second kappa shape index (κ2) is 14.7. The molecule has 0 unspecified atom stereocenters. The molecule has 45 heavy (non-hydrogen) atoms. The van der Waals surface area contributed by atoms with Crippen LogP contribution < -0.4 is 22.1 Å². The standard InChI is InChI=1S/C32H42FN7O5/c1-31(2,3)44-29(42)38-28(39-30(43)45-32(4,5)6)40-17-14-21(15-18-40)24-12-9-22(19-25(24)33)26(41)37-23-10-7-20(8-11-23)13-16-36-27(34)35/h7-12,14,19H,13,15-18H2,1-6H3,(H,37,41)(H4,34,35,36)(H,38,39,42,43). The predicted molar refractivity (Wildman–Crippen MR) is 172 cm³/mol. The second-order valence-electron chi connectivity index (χ2n) is 12.4. The number of benzene rings is 2. The van der Waals surface area contributed by atoms with E-state index in [-0.39, 0.29) is 24.0 Å². The van der Waals surface area contributed by atoms with Crippen LogP contribution in [0.15, 0.2) is 58.5 Å². The van der Waals surface area contributed by atoms with Crippen LogP contribution in [0.25, 0.3) is 5.57 Å². The van der Waals surface area contributed by atoms with Gasteiger partial charge in [0.05, 0.1) is 0 Å².